The fourth-order valence-corrected chi connectivity index (χ4v) is 1.51. The van der Waals surface area contributed by atoms with Gasteiger partial charge < -0.3 is 5.32 Å². The Balaban J connectivity index is 2.52. The molecule has 2 nitrogen and oxygen atoms in total. The number of hydrogen-bond acceptors (Lipinski definition) is 2. The summed E-state index contributed by atoms with van der Waals surface area (Å²) in [7, 11) is 0. The second-order valence-electron chi connectivity index (χ2n) is 6.92. The van der Waals surface area contributed by atoms with E-state index in [4.69, 9.17) is 0 Å². The van der Waals surface area contributed by atoms with E-state index in [0.717, 1.165) is 18.8 Å². The van der Waals surface area contributed by atoms with Gasteiger partial charge in [0, 0.05) is 12.7 Å². The summed E-state index contributed by atoms with van der Waals surface area (Å²) in [5.74, 6) is 0.974. The number of anilines is 1. The van der Waals surface area contributed by atoms with E-state index in [1.165, 1.54) is 5.56 Å². The minimum atomic E-state index is 0.178. The van der Waals surface area contributed by atoms with Crippen molar-refractivity contribution in [3.63, 3.8) is 0 Å². The van der Waals surface area contributed by atoms with Crippen molar-refractivity contribution in [1.29, 1.82) is 0 Å². The first-order valence-corrected chi connectivity index (χ1v) is 6.39. The third-order valence-corrected chi connectivity index (χ3v) is 2.81. The molecule has 0 fully saturated rings. The van der Waals surface area contributed by atoms with Crippen LogP contribution in [0.5, 0.6) is 0 Å². The van der Waals surface area contributed by atoms with Crippen molar-refractivity contribution in [2.45, 2.75) is 53.4 Å². The molecule has 2 heteroatoms. The lowest BCUT2D eigenvalue weighted by molar-refractivity contribution is 0.389. The molecular weight excluding hydrogens is 208 g/mol. The number of rotatable bonds is 3. The summed E-state index contributed by atoms with van der Waals surface area (Å²) in [5, 5.41) is 3.37. The van der Waals surface area contributed by atoms with E-state index >= 15 is 0 Å². The monoisotopic (exact) mass is 234 g/mol. The van der Waals surface area contributed by atoms with Crippen LogP contribution in [0, 0.1) is 5.41 Å². The molecule has 0 aromatic carbocycles. The minimum absolute atomic E-state index is 0.178. The molecular formula is C15H26N2. The highest BCUT2D eigenvalue weighted by molar-refractivity contribution is 5.36. The Bertz CT molecular complexity index is 339. The van der Waals surface area contributed by atoms with Gasteiger partial charge in [-0.05, 0) is 28.9 Å². The quantitative estimate of drug-likeness (QED) is 0.846. The summed E-state index contributed by atoms with van der Waals surface area (Å²) in [6.45, 7) is 14.4. The van der Waals surface area contributed by atoms with Crippen LogP contribution in [0.3, 0.4) is 0 Å². The topological polar surface area (TPSA) is 24.9 Å². The van der Waals surface area contributed by atoms with Crippen molar-refractivity contribution in [1.82, 2.24) is 4.98 Å². The van der Waals surface area contributed by atoms with E-state index < -0.39 is 0 Å². The maximum atomic E-state index is 4.45. The van der Waals surface area contributed by atoms with Crippen LogP contribution in [0.1, 0.15) is 53.5 Å². The highest BCUT2D eigenvalue weighted by atomic mass is 15.0. The summed E-state index contributed by atoms with van der Waals surface area (Å²) >= 11 is 0. The molecule has 0 aliphatic carbocycles. The summed E-state index contributed by atoms with van der Waals surface area (Å²) in [6, 6.07) is 4.23. The number of aromatic nitrogens is 1. The van der Waals surface area contributed by atoms with Crippen molar-refractivity contribution in [2.24, 2.45) is 5.41 Å². The van der Waals surface area contributed by atoms with Gasteiger partial charge in [-0.15, -0.1) is 0 Å². The van der Waals surface area contributed by atoms with Crippen LogP contribution < -0.4 is 5.32 Å². The summed E-state index contributed by atoms with van der Waals surface area (Å²) in [5.41, 5.74) is 1.83. The van der Waals surface area contributed by atoms with Gasteiger partial charge in [-0.1, -0.05) is 47.6 Å². The number of hydrogen-bond donors (Lipinski definition) is 1. The van der Waals surface area contributed by atoms with Crippen molar-refractivity contribution in [3.05, 3.63) is 23.9 Å². The summed E-state index contributed by atoms with van der Waals surface area (Å²) in [4.78, 5) is 4.45. The maximum absolute atomic E-state index is 4.45. The first-order chi connectivity index (χ1) is 7.68. The predicted octanol–water partition coefficient (Wildman–Crippen LogP) is 4.23. The van der Waals surface area contributed by atoms with Gasteiger partial charge in [-0.25, -0.2) is 4.98 Å². The van der Waals surface area contributed by atoms with Crippen molar-refractivity contribution < 1.29 is 0 Å². The Labute approximate surface area is 106 Å². The Kier molecular flexibility index (Phi) is 4.18. The first-order valence-electron chi connectivity index (χ1n) is 6.39. The van der Waals surface area contributed by atoms with E-state index in [0.29, 0.717) is 5.41 Å². The second-order valence-corrected chi connectivity index (χ2v) is 6.92. The minimum Gasteiger partial charge on any atom is -0.370 e. The van der Waals surface area contributed by atoms with E-state index in [2.05, 4.69) is 64.0 Å². The first kappa shape index (κ1) is 14.0. The Morgan fingerprint density at radius 3 is 2.12 bits per heavy atom. The van der Waals surface area contributed by atoms with E-state index in [1.807, 2.05) is 6.20 Å². The van der Waals surface area contributed by atoms with Crippen LogP contribution in [0.4, 0.5) is 5.82 Å². The predicted molar refractivity (Wildman–Crippen MR) is 75.5 cm³/mol. The molecule has 1 aromatic heterocycles. The van der Waals surface area contributed by atoms with Gasteiger partial charge in [0.15, 0.2) is 0 Å². The van der Waals surface area contributed by atoms with E-state index in [9.17, 15) is 0 Å². The van der Waals surface area contributed by atoms with E-state index in [-0.39, 0.29) is 5.41 Å². The van der Waals surface area contributed by atoms with Crippen LogP contribution in [0.2, 0.25) is 0 Å². The standard InChI is InChI=1S/C15H26N2/c1-14(2,3)9-10-16-13-8-7-12(11-17-13)15(4,5)6/h7-8,11H,9-10H2,1-6H3,(H,16,17). The molecule has 1 aromatic rings. The van der Waals surface area contributed by atoms with Crippen LogP contribution in [-0.4, -0.2) is 11.5 Å². The average molecular weight is 234 g/mol. The van der Waals surface area contributed by atoms with Gasteiger partial charge in [0.1, 0.15) is 5.82 Å². The number of nitrogens with zero attached hydrogens (tertiary/aromatic N) is 1. The molecule has 1 heterocycles. The SMILES string of the molecule is CC(C)(C)CCNc1ccc(C(C)(C)C)cn1. The Morgan fingerprint density at radius 2 is 1.71 bits per heavy atom. The molecule has 0 saturated carbocycles. The number of pyridine rings is 1. The smallest absolute Gasteiger partial charge is 0.125 e. The molecule has 96 valence electrons. The van der Waals surface area contributed by atoms with Crippen LogP contribution in [0.15, 0.2) is 18.3 Å². The molecule has 17 heavy (non-hydrogen) atoms. The molecule has 0 radical (unpaired) electrons. The summed E-state index contributed by atoms with van der Waals surface area (Å²) < 4.78 is 0. The van der Waals surface area contributed by atoms with Crippen molar-refractivity contribution in [2.75, 3.05) is 11.9 Å². The van der Waals surface area contributed by atoms with Crippen molar-refractivity contribution >= 4 is 5.82 Å². The van der Waals surface area contributed by atoms with Gasteiger partial charge >= 0.3 is 0 Å². The normalized spacial score (nSPS) is 12.6. The molecule has 0 bridgehead atoms. The average Bonchev–Trinajstić information content (AvgIpc) is 2.15. The lowest BCUT2D eigenvalue weighted by Crippen LogP contribution is -2.14. The number of nitrogens with one attached hydrogen (secondary N) is 1. The van der Waals surface area contributed by atoms with E-state index in [1.54, 1.807) is 0 Å². The molecule has 1 N–H and O–H groups in total. The third-order valence-electron chi connectivity index (χ3n) is 2.81. The molecule has 0 spiro atoms. The van der Waals surface area contributed by atoms with Crippen LogP contribution >= 0.6 is 0 Å². The summed E-state index contributed by atoms with van der Waals surface area (Å²) in [6.07, 6.45) is 3.12. The molecule has 0 amide bonds. The van der Waals surface area contributed by atoms with Gasteiger partial charge in [0.25, 0.3) is 0 Å². The largest absolute Gasteiger partial charge is 0.370 e. The zero-order valence-corrected chi connectivity index (χ0v) is 12.1. The fourth-order valence-electron chi connectivity index (χ4n) is 1.51. The maximum Gasteiger partial charge on any atom is 0.125 e. The molecule has 0 atom stereocenters. The Morgan fingerprint density at radius 1 is 1.06 bits per heavy atom. The lowest BCUT2D eigenvalue weighted by Gasteiger charge is -2.20. The van der Waals surface area contributed by atoms with Gasteiger partial charge in [-0.2, -0.15) is 0 Å². The molecule has 1 rings (SSSR count). The molecule has 0 unspecified atom stereocenters. The second kappa shape index (κ2) is 5.07. The van der Waals surface area contributed by atoms with Crippen LogP contribution in [0.25, 0.3) is 0 Å². The highest BCUT2D eigenvalue weighted by Gasteiger charge is 2.13. The Hall–Kier alpha value is -1.05. The molecule has 0 aliphatic rings. The lowest BCUT2D eigenvalue weighted by atomic mass is 9.88. The molecule has 0 saturated heterocycles. The van der Waals surface area contributed by atoms with Crippen molar-refractivity contribution in [3.8, 4) is 0 Å². The third kappa shape index (κ3) is 5.20. The fraction of sp³-hybridized carbons (Fsp3) is 0.667. The highest BCUT2D eigenvalue weighted by Crippen LogP contribution is 2.22. The zero-order valence-electron chi connectivity index (χ0n) is 12.1. The van der Waals surface area contributed by atoms with Gasteiger partial charge in [-0.3, -0.25) is 0 Å². The van der Waals surface area contributed by atoms with Gasteiger partial charge in [0.2, 0.25) is 0 Å². The molecule has 0 aliphatic heterocycles. The van der Waals surface area contributed by atoms with Gasteiger partial charge in [0.05, 0.1) is 0 Å². The van der Waals surface area contributed by atoms with Crippen LogP contribution in [-0.2, 0) is 5.41 Å². The zero-order chi connectivity index (χ0) is 13.1.